The predicted octanol–water partition coefficient (Wildman–Crippen LogP) is 3.38. The molecule has 9 nitrogen and oxygen atoms in total. The zero-order valence-electron chi connectivity index (χ0n) is 19.1. The van der Waals surface area contributed by atoms with Crippen molar-refractivity contribution in [3.63, 3.8) is 0 Å². The van der Waals surface area contributed by atoms with Gasteiger partial charge in [-0.2, -0.15) is 0 Å². The molecule has 0 spiro atoms. The van der Waals surface area contributed by atoms with Crippen molar-refractivity contribution in [3.8, 4) is 11.1 Å². The molecule has 2 aromatic heterocycles. The molecule has 1 fully saturated rings. The van der Waals surface area contributed by atoms with Crippen LogP contribution < -0.4 is 15.5 Å². The van der Waals surface area contributed by atoms with E-state index in [-0.39, 0.29) is 23.5 Å². The molecule has 1 saturated heterocycles. The van der Waals surface area contributed by atoms with Gasteiger partial charge in [-0.15, -0.1) is 0 Å². The topological polar surface area (TPSA) is 112 Å². The summed E-state index contributed by atoms with van der Waals surface area (Å²) in [6.45, 7) is 6.70. The van der Waals surface area contributed by atoms with E-state index in [9.17, 15) is 9.90 Å². The Morgan fingerprint density at radius 1 is 1.21 bits per heavy atom. The van der Waals surface area contributed by atoms with Gasteiger partial charge in [0.05, 0.1) is 32.2 Å². The van der Waals surface area contributed by atoms with Crippen LogP contribution in [0.25, 0.3) is 11.1 Å². The van der Waals surface area contributed by atoms with Gasteiger partial charge in [-0.3, -0.25) is 9.78 Å². The van der Waals surface area contributed by atoms with Crippen molar-refractivity contribution in [2.45, 2.75) is 19.9 Å². The molecule has 0 radical (unpaired) electrons. The highest BCUT2D eigenvalue weighted by Gasteiger charge is 2.17. The van der Waals surface area contributed by atoms with Crippen molar-refractivity contribution >= 4 is 34.8 Å². The average Bonchev–Trinajstić information content (AvgIpc) is 2.85. The summed E-state index contributed by atoms with van der Waals surface area (Å²) in [5.41, 5.74) is 3.70. The number of pyridine rings is 1. The van der Waals surface area contributed by atoms with Crippen LogP contribution in [0.15, 0.2) is 42.7 Å². The molecule has 0 aliphatic carbocycles. The number of morpholine rings is 1. The quantitative estimate of drug-likeness (QED) is 0.470. The van der Waals surface area contributed by atoms with E-state index in [1.807, 2.05) is 44.2 Å². The summed E-state index contributed by atoms with van der Waals surface area (Å²) in [6, 6.07) is 9.55. The van der Waals surface area contributed by atoms with E-state index in [4.69, 9.17) is 21.3 Å². The number of hydrogen-bond donors (Lipinski definition) is 3. The number of aromatic nitrogens is 3. The number of rotatable bonds is 7. The van der Waals surface area contributed by atoms with Crippen LogP contribution >= 0.6 is 11.6 Å². The Hall–Kier alpha value is -3.27. The Balaban J connectivity index is 1.67. The number of nitrogens with one attached hydrogen (secondary N) is 2. The molecule has 1 amide bonds. The molecule has 10 heteroatoms. The first-order valence-corrected chi connectivity index (χ1v) is 11.4. The monoisotopic (exact) mass is 482 g/mol. The van der Waals surface area contributed by atoms with Crippen molar-refractivity contribution < 1.29 is 14.6 Å². The molecule has 0 unspecified atom stereocenters. The van der Waals surface area contributed by atoms with Crippen LogP contribution in [0.5, 0.6) is 0 Å². The number of carbonyl (C=O) groups is 1. The number of aryl methyl sites for hydroxylation is 1. The third-order valence-electron chi connectivity index (χ3n) is 5.46. The molecule has 3 heterocycles. The summed E-state index contributed by atoms with van der Waals surface area (Å²) < 4.78 is 5.49. The van der Waals surface area contributed by atoms with Gasteiger partial charge in [-0.05, 0) is 54.8 Å². The fourth-order valence-corrected chi connectivity index (χ4v) is 3.80. The Morgan fingerprint density at radius 2 is 2.00 bits per heavy atom. The fraction of sp³-hybridized carbons (Fsp3) is 0.333. The SMILES string of the molecule is Cc1ccc(NC(=O)c2cncc(Cl)n2)cc1-c1cc(N[C@H](C)CO)nc(N2CCOCC2)c1. The summed E-state index contributed by atoms with van der Waals surface area (Å²) >= 11 is 5.87. The first-order valence-electron chi connectivity index (χ1n) is 11.0. The summed E-state index contributed by atoms with van der Waals surface area (Å²) in [5.74, 6) is 1.10. The molecule has 1 aliphatic rings. The third-order valence-corrected chi connectivity index (χ3v) is 5.64. The lowest BCUT2D eigenvalue weighted by Crippen LogP contribution is -2.37. The number of carbonyl (C=O) groups excluding carboxylic acids is 1. The van der Waals surface area contributed by atoms with E-state index in [0.29, 0.717) is 24.7 Å². The standard InChI is InChI=1S/C24H27ClN6O3/c1-15-3-4-18(28-24(33)20-12-26-13-21(25)29-20)11-19(15)17-9-22(27-16(2)14-32)30-23(10-17)31-5-7-34-8-6-31/h3-4,9-13,16,32H,5-8,14H2,1-2H3,(H,27,30)(H,28,33)/t16-/m1/s1. The molecule has 0 bridgehead atoms. The molecule has 34 heavy (non-hydrogen) atoms. The van der Waals surface area contributed by atoms with Gasteiger partial charge in [-0.1, -0.05) is 17.7 Å². The summed E-state index contributed by atoms with van der Waals surface area (Å²) in [4.78, 5) is 27.5. The number of aliphatic hydroxyl groups is 1. The van der Waals surface area contributed by atoms with E-state index in [1.54, 1.807) is 0 Å². The van der Waals surface area contributed by atoms with Crippen LogP contribution in [0.3, 0.4) is 0 Å². The molecule has 4 rings (SSSR count). The number of benzene rings is 1. The number of nitrogens with zero attached hydrogens (tertiary/aromatic N) is 4. The van der Waals surface area contributed by atoms with Gasteiger partial charge in [0.1, 0.15) is 22.5 Å². The predicted molar refractivity (Wildman–Crippen MR) is 133 cm³/mol. The molecule has 1 aliphatic heterocycles. The van der Waals surface area contributed by atoms with E-state index in [1.165, 1.54) is 12.4 Å². The Labute approximate surface area is 203 Å². The Morgan fingerprint density at radius 3 is 2.74 bits per heavy atom. The van der Waals surface area contributed by atoms with Gasteiger partial charge in [0.15, 0.2) is 0 Å². The van der Waals surface area contributed by atoms with E-state index < -0.39 is 5.91 Å². The zero-order chi connectivity index (χ0) is 24.1. The number of halogens is 1. The highest BCUT2D eigenvalue weighted by Crippen LogP contribution is 2.31. The molecule has 0 saturated carbocycles. The van der Waals surface area contributed by atoms with Crippen LogP contribution in [0.1, 0.15) is 23.0 Å². The minimum atomic E-state index is -0.396. The Bertz CT molecular complexity index is 1170. The minimum Gasteiger partial charge on any atom is -0.394 e. The van der Waals surface area contributed by atoms with Gasteiger partial charge in [0, 0.05) is 24.8 Å². The third kappa shape index (κ3) is 5.80. The maximum absolute atomic E-state index is 12.6. The largest absolute Gasteiger partial charge is 0.394 e. The van der Waals surface area contributed by atoms with Crippen molar-refractivity contribution in [3.05, 3.63) is 59.1 Å². The Kier molecular flexibility index (Phi) is 7.56. The first kappa shape index (κ1) is 23.9. The summed E-state index contributed by atoms with van der Waals surface area (Å²) in [6.07, 6.45) is 2.75. The average molecular weight is 483 g/mol. The smallest absolute Gasteiger partial charge is 0.275 e. The summed E-state index contributed by atoms with van der Waals surface area (Å²) in [7, 11) is 0. The lowest BCUT2D eigenvalue weighted by Gasteiger charge is -2.29. The second-order valence-electron chi connectivity index (χ2n) is 8.14. The number of aliphatic hydroxyl groups excluding tert-OH is 1. The molecule has 1 aromatic carbocycles. The fourth-order valence-electron chi connectivity index (χ4n) is 3.66. The van der Waals surface area contributed by atoms with Crippen molar-refractivity contribution in [2.24, 2.45) is 0 Å². The van der Waals surface area contributed by atoms with Crippen LogP contribution in [-0.2, 0) is 4.74 Å². The van der Waals surface area contributed by atoms with Crippen molar-refractivity contribution in [1.82, 2.24) is 15.0 Å². The second-order valence-corrected chi connectivity index (χ2v) is 8.52. The van der Waals surface area contributed by atoms with Gasteiger partial charge in [-0.25, -0.2) is 9.97 Å². The first-order chi connectivity index (χ1) is 16.4. The molecular weight excluding hydrogens is 456 g/mol. The molecular formula is C24H27ClN6O3. The van der Waals surface area contributed by atoms with Crippen molar-refractivity contribution in [2.75, 3.05) is 48.4 Å². The maximum Gasteiger partial charge on any atom is 0.275 e. The maximum atomic E-state index is 12.6. The van der Waals surface area contributed by atoms with Crippen LogP contribution in [0.4, 0.5) is 17.3 Å². The van der Waals surface area contributed by atoms with Gasteiger partial charge in [0.2, 0.25) is 0 Å². The van der Waals surface area contributed by atoms with Crippen LogP contribution in [0.2, 0.25) is 5.15 Å². The number of hydrogen-bond acceptors (Lipinski definition) is 8. The highest BCUT2D eigenvalue weighted by molar-refractivity contribution is 6.29. The summed E-state index contributed by atoms with van der Waals surface area (Å²) in [5, 5.41) is 15.8. The molecule has 3 N–H and O–H groups in total. The lowest BCUT2D eigenvalue weighted by molar-refractivity contribution is 0.102. The van der Waals surface area contributed by atoms with Crippen molar-refractivity contribution in [1.29, 1.82) is 0 Å². The van der Waals surface area contributed by atoms with Gasteiger partial charge in [0.25, 0.3) is 5.91 Å². The molecule has 178 valence electrons. The van der Waals surface area contributed by atoms with E-state index in [0.717, 1.165) is 35.6 Å². The zero-order valence-corrected chi connectivity index (χ0v) is 19.8. The molecule has 1 atom stereocenters. The second kappa shape index (κ2) is 10.8. The number of anilines is 3. The normalized spacial score (nSPS) is 14.5. The number of ether oxygens (including phenoxy) is 1. The number of amides is 1. The van der Waals surface area contributed by atoms with Gasteiger partial charge < -0.3 is 25.4 Å². The van der Waals surface area contributed by atoms with Crippen LogP contribution in [-0.4, -0.2) is 64.9 Å². The van der Waals surface area contributed by atoms with Crippen LogP contribution in [0, 0.1) is 6.92 Å². The lowest BCUT2D eigenvalue weighted by atomic mass is 10.00. The van der Waals surface area contributed by atoms with E-state index in [2.05, 4.69) is 25.5 Å². The highest BCUT2D eigenvalue weighted by atomic mass is 35.5. The van der Waals surface area contributed by atoms with Gasteiger partial charge >= 0.3 is 0 Å². The molecule has 3 aromatic rings. The van der Waals surface area contributed by atoms with E-state index >= 15 is 0 Å². The minimum absolute atomic E-state index is 0.00820.